The zero-order valence-electron chi connectivity index (χ0n) is 17.2. The number of nitrogens with zero attached hydrogens (tertiary/aromatic N) is 1. The first-order chi connectivity index (χ1) is 14.3. The molecule has 3 aliphatic rings. The van der Waals surface area contributed by atoms with Crippen LogP contribution in [0.2, 0.25) is 0 Å². The maximum atomic E-state index is 14.9. The van der Waals surface area contributed by atoms with Crippen molar-refractivity contribution in [2.75, 3.05) is 19.8 Å². The molecule has 0 aromatic heterocycles. The van der Waals surface area contributed by atoms with Crippen molar-refractivity contribution in [2.45, 2.75) is 50.7 Å². The minimum Gasteiger partial charge on any atom is -0.490 e. The van der Waals surface area contributed by atoms with Gasteiger partial charge in [-0.15, -0.1) is 0 Å². The molecule has 30 heavy (non-hydrogen) atoms. The van der Waals surface area contributed by atoms with E-state index in [9.17, 15) is 13.6 Å². The van der Waals surface area contributed by atoms with Crippen LogP contribution in [0.5, 0.6) is 11.5 Å². The minimum absolute atomic E-state index is 0.0782. The average molecular weight is 413 g/mol. The first-order valence-corrected chi connectivity index (χ1v) is 10.5. The first-order valence-electron chi connectivity index (χ1n) is 10.5. The monoisotopic (exact) mass is 413 g/mol. The summed E-state index contributed by atoms with van der Waals surface area (Å²) in [6.45, 7) is 4.28. The van der Waals surface area contributed by atoms with Crippen molar-refractivity contribution < 1.29 is 23.0 Å². The summed E-state index contributed by atoms with van der Waals surface area (Å²) in [6, 6.07) is 9.78. The van der Waals surface area contributed by atoms with E-state index in [0.717, 1.165) is 6.42 Å². The fourth-order valence-electron chi connectivity index (χ4n) is 4.40. The van der Waals surface area contributed by atoms with Crippen molar-refractivity contribution in [3.63, 3.8) is 0 Å². The maximum absolute atomic E-state index is 14.9. The number of benzene rings is 2. The summed E-state index contributed by atoms with van der Waals surface area (Å²) in [7, 11) is 0. The first kappa shape index (κ1) is 19.3. The highest BCUT2D eigenvalue weighted by atomic mass is 19.1. The maximum Gasteiger partial charge on any atom is 0.261 e. The van der Waals surface area contributed by atoms with Crippen molar-refractivity contribution in [3.8, 4) is 11.5 Å². The van der Waals surface area contributed by atoms with E-state index >= 15 is 0 Å². The van der Waals surface area contributed by atoms with Gasteiger partial charge in [0.25, 0.3) is 5.91 Å². The third-order valence-corrected chi connectivity index (χ3v) is 6.50. The number of alkyl halides is 1. The highest BCUT2D eigenvalue weighted by Gasteiger charge is 2.46. The molecule has 0 spiro atoms. The van der Waals surface area contributed by atoms with Gasteiger partial charge in [0.1, 0.15) is 30.2 Å². The van der Waals surface area contributed by atoms with Crippen LogP contribution in [0.4, 0.5) is 8.78 Å². The number of fused-ring (bicyclic) bond motifs is 2. The molecule has 0 unspecified atom stereocenters. The summed E-state index contributed by atoms with van der Waals surface area (Å²) in [5.74, 6) is -0.593. The number of amides is 1. The van der Waals surface area contributed by atoms with Gasteiger partial charge in [0.2, 0.25) is 0 Å². The average Bonchev–Trinajstić information content (AvgIpc) is 3.33. The lowest BCUT2D eigenvalue weighted by Crippen LogP contribution is -2.37. The van der Waals surface area contributed by atoms with E-state index in [4.69, 9.17) is 9.47 Å². The normalized spacial score (nSPS) is 24.0. The molecular weight excluding hydrogens is 388 g/mol. The fourth-order valence-corrected chi connectivity index (χ4v) is 4.40. The third kappa shape index (κ3) is 3.32. The number of hydrogen-bond acceptors (Lipinski definition) is 3. The van der Waals surface area contributed by atoms with Crippen LogP contribution in [-0.4, -0.2) is 42.3 Å². The van der Waals surface area contributed by atoms with Crippen LogP contribution in [0.25, 0.3) is 0 Å². The molecule has 1 saturated heterocycles. The minimum atomic E-state index is -1.41. The van der Waals surface area contributed by atoms with Gasteiger partial charge in [-0.1, -0.05) is 29.8 Å². The van der Waals surface area contributed by atoms with Crippen LogP contribution < -0.4 is 9.47 Å². The van der Waals surface area contributed by atoms with Gasteiger partial charge in [-0.05, 0) is 50.3 Å². The molecule has 1 amide bonds. The molecule has 1 aliphatic carbocycles. The van der Waals surface area contributed by atoms with Crippen molar-refractivity contribution in [3.05, 3.63) is 58.4 Å². The molecule has 0 bridgehead atoms. The number of hydrogen-bond donors (Lipinski definition) is 0. The molecule has 6 heteroatoms. The lowest BCUT2D eigenvalue weighted by atomic mass is 9.96. The topological polar surface area (TPSA) is 38.8 Å². The Labute approximate surface area is 174 Å². The molecule has 2 fully saturated rings. The summed E-state index contributed by atoms with van der Waals surface area (Å²) in [5.41, 5.74) is 1.36. The van der Waals surface area contributed by atoms with Gasteiger partial charge < -0.3 is 14.4 Å². The van der Waals surface area contributed by atoms with Crippen LogP contribution in [0.1, 0.15) is 52.2 Å². The number of aryl methyl sites for hydroxylation is 2. The highest BCUT2D eigenvalue weighted by Crippen LogP contribution is 2.44. The molecule has 0 N–H and O–H groups in total. The van der Waals surface area contributed by atoms with Crippen molar-refractivity contribution in [1.29, 1.82) is 0 Å². The number of rotatable bonds is 4. The number of halogens is 2. The van der Waals surface area contributed by atoms with Gasteiger partial charge in [-0.25, -0.2) is 8.78 Å². The zero-order valence-corrected chi connectivity index (χ0v) is 17.2. The van der Waals surface area contributed by atoms with E-state index in [2.05, 4.69) is 24.3 Å². The van der Waals surface area contributed by atoms with Crippen LogP contribution in [0.3, 0.4) is 0 Å². The third-order valence-electron chi connectivity index (χ3n) is 6.50. The molecule has 0 radical (unpaired) electrons. The van der Waals surface area contributed by atoms with Gasteiger partial charge in [0.15, 0.2) is 11.6 Å². The fraction of sp³-hybridized carbons (Fsp3) is 0.458. The van der Waals surface area contributed by atoms with E-state index < -0.39 is 11.5 Å². The predicted molar refractivity (Wildman–Crippen MR) is 109 cm³/mol. The second-order valence-corrected chi connectivity index (χ2v) is 8.91. The molecule has 5 rings (SSSR count). The molecule has 4 nitrogen and oxygen atoms in total. The van der Waals surface area contributed by atoms with Gasteiger partial charge in [-0.2, -0.15) is 0 Å². The Balaban J connectivity index is 1.47. The van der Waals surface area contributed by atoms with Crippen LogP contribution in [0, 0.1) is 19.7 Å². The van der Waals surface area contributed by atoms with Crippen LogP contribution in [0.15, 0.2) is 30.3 Å². The largest absolute Gasteiger partial charge is 0.490 e. The van der Waals surface area contributed by atoms with Crippen LogP contribution in [-0.2, 0) is 0 Å². The Morgan fingerprint density at radius 3 is 2.67 bits per heavy atom. The Morgan fingerprint density at radius 2 is 1.97 bits per heavy atom. The predicted octanol–water partition coefficient (Wildman–Crippen LogP) is 4.71. The molecular formula is C24H25F2NO3. The van der Waals surface area contributed by atoms with Crippen molar-refractivity contribution in [2.24, 2.45) is 0 Å². The Kier molecular flexibility index (Phi) is 4.49. The second-order valence-electron chi connectivity index (χ2n) is 8.91. The van der Waals surface area contributed by atoms with Crippen molar-refractivity contribution >= 4 is 5.91 Å². The lowest BCUT2D eigenvalue weighted by Gasteiger charge is -2.22. The second kappa shape index (κ2) is 6.96. The summed E-state index contributed by atoms with van der Waals surface area (Å²) >= 11 is 0. The Hall–Kier alpha value is -2.63. The van der Waals surface area contributed by atoms with Gasteiger partial charge >= 0.3 is 0 Å². The smallest absolute Gasteiger partial charge is 0.261 e. The van der Waals surface area contributed by atoms with Gasteiger partial charge in [-0.3, -0.25) is 4.79 Å². The van der Waals surface area contributed by atoms with Crippen LogP contribution >= 0.6 is 0 Å². The lowest BCUT2D eigenvalue weighted by molar-refractivity contribution is 0.0718. The van der Waals surface area contributed by atoms with E-state index in [-0.39, 0.29) is 35.8 Å². The van der Waals surface area contributed by atoms with E-state index in [0.29, 0.717) is 37.3 Å². The number of carbonyl (C=O) groups excluding carboxylic acids is 1. The molecule has 1 saturated carbocycles. The molecule has 2 aliphatic heterocycles. The molecule has 2 atom stereocenters. The molecule has 158 valence electrons. The highest BCUT2D eigenvalue weighted by molar-refractivity contribution is 6.00. The van der Waals surface area contributed by atoms with E-state index in [1.165, 1.54) is 17.2 Å². The van der Waals surface area contributed by atoms with Gasteiger partial charge in [0.05, 0.1) is 6.04 Å². The summed E-state index contributed by atoms with van der Waals surface area (Å²) in [5, 5.41) is 0. The molecule has 2 heterocycles. The molecule has 2 aromatic rings. The van der Waals surface area contributed by atoms with E-state index in [1.807, 2.05) is 6.92 Å². The number of carbonyl (C=O) groups is 1. The van der Waals surface area contributed by atoms with Gasteiger partial charge in [0, 0.05) is 12.5 Å². The zero-order chi connectivity index (χ0) is 21.0. The summed E-state index contributed by atoms with van der Waals surface area (Å²) < 4.78 is 40.6. The Bertz CT molecular complexity index is 1000. The van der Waals surface area contributed by atoms with E-state index in [1.54, 1.807) is 11.8 Å². The number of ether oxygens (including phenoxy) is 2. The quantitative estimate of drug-likeness (QED) is 0.729. The van der Waals surface area contributed by atoms with Crippen molar-refractivity contribution in [1.82, 2.24) is 4.90 Å². The summed E-state index contributed by atoms with van der Waals surface area (Å²) in [4.78, 5) is 15.2. The SMILES string of the molecule is Cc1ccc([C@H]2C[C@@H]3COc4cc(C)c(F)c(OCC5(F)CC5)c4C(=O)N3C2)cc1. The standard InChI is InChI=1S/C24H25F2NO3/c1-14-3-5-16(6-4-14)17-10-18-12-29-19-9-15(2)21(25)22(30-13-24(26)7-8-24)20(19)23(28)27(18)11-17/h3-6,9,17-18H,7-8,10-13H2,1-2H3/t17-,18+/m0/s1. The summed E-state index contributed by atoms with van der Waals surface area (Å²) in [6.07, 6.45) is 1.59. The Morgan fingerprint density at radius 1 is 1.23 bits per heavy atom. The molecule has 2 aromatic carbocycles.